The van der Waals surface area contributed by atoms with Crippen molar-refractivity contribution in [2.45, 2.75) is 0 Å². The summed E-state index contributed by atoms with van der Waals surface area (Å²) in [7, 11) is 0. The lowest BCUT2D eigenvalue weighted by Crippen LogP contribution is -2.11. The largest absolute Gasteiger partial charge is 0.437 e. The average molecular weight is 266 g/mol. The summed E-state index contributed by atoms with van der Waals surface area (Å²) in [6, 6.07) is 8.59. The Morgan fingerprint density at radius 3 is 2.88 bits per heavy atom. The summed E-state index contributed by atoms with van der Waals surface area (Å²) in [6.07, 6.45) is 1.50. The van der Waals surface area contributed by atoms with Crippen molar-refractivity contribution in [3.05, 3.63) is 47.1 Å². The van der Waals surface area contributed by atoms with Gasteiger partial charge in [-0.25, -0.2) is 0 Å². The lowest BCUT2D eigenvalue weighted by molar-refractivity contribution is 0.454. The standard InChI is InChI=1S/C11H8ClN3OS/c12-7-2-1-3-8(6-7)16-11-9(10(13)17)4-5-14-15-11/h1-6H,(H2,13,17). The van der Waals surface area contributed by atoms with Crippen LogP contribution in [0.25, 0.3) is 0 Å². The molecule has 17 heavy (non-hydrogen) atoms. The van der Waals surface area contributed by atoms with Gasteiger partial charge in [0.1, 0.15) is 10.7 Å². The molecule has 0 aliphatic carbocycles. The van der Waals surface area contributed by atoms with Gasteiger partial charge in [-0.3, -0.25) is 0 Å². The normalized spacial score (nSPS) is 9.94. The fourth-order valence-electron chi connectivity index (χ4n) is 1.22. The molecule has 0 aliphatic rings. The number of nitrogens with zero attached hydrogens (tertiary/aromatic N) is 2. The number of rotatable bonds is 3. The van der Waals surface area contributed by atoms with Gasteiger partial charge in [0.25, 0.3) is 0 Å². The minimum atomic E-state index is 0.205. The van der Waals surface area contributed by atoms with Gasteiger partial charge in [0.15, 0.2) is 0 Å². The monoisotopic (exact) mass is 265 g/mol. The third-order valence-electron chi connectivity index (χ3n) is 1.96. The fourth-order valence-corrected chi connectivity index (χ4v) is 1.56. The molecule has 0 amide bonds. The third-order valence-corrected chi connectivity index (χ3v) is 2.42. The molecule has 0 bridgehead atoms. The van der Waals surface area contributed by atoms with Gasteiger partial charge in [0, 0.05) is 5.02 Å². The van der Waals surface area contributed by atoms with Crippen LogP contribution in [0.5, 0.6) is 11.6 Å². The van der Waals surface area contributed by atoms with Crippen LogP contribution in [0.15, 0.2) is 36.5 Å². The Morgan fingerprint density at radius 2 is 2.18 bits per heavy atom. The van der Waals surface area contributed by atoms with Crippen molar-refractivity contribution in [3.8, 4) is 11.6 Å². The van der Waals surface area contributed by atoms with E-state index in [1.165, 1.54) is 6.20 Å². The smallest absolute Gasteiger partial charge is 0.249 e. The highest BCUT2D eigenvalue weighted by molar-refractivity contribution is 7.80. The van der Waals surface area contributed by atoms with E-state index in [1.54, 1.807) is 30.3 Å². The number of benzene rings is 1. The molecule has 1 aromatic carbocycles. The summed E-state index contributed by atoms with van der Waals surface area (Å²) >= 11 is 10.7. The molecule has 1 heterocycles. The Labute approximate surface area is 108 Å². The molecular weight excluding hydrogens is 258 g/mol. The molecule has 0 spiro atoms. The molecule has 0 saturated carbocycles. The quantitative estimate of drug-likeness (QED) is 0.865. The number of aromatic nitrogens is 2. The first-order chi connectivity index (χ1) is 8.16. The molecule has 0 saturated heterocycles. The SMILES string of the molecule is NC(=S)c1ccnnc1Oc1cccc(Cl)c1. The molecular formula is C11H8ClN3OS. The van der Waals surface area contributed by atoms with E-state index in [1.807, 2.05) is 0 Å². The maximum Gasteiger partial charge on any atom is 0.249 e. The van der Waals surface area contributed by atoms with Crippen LogP contribution in [-0.4, -0.2) is 15.2 Å². The van der Waals surface area contributed by atoms with E-state index in [0.29, 0.717) is 16.3 Å². The predicted octanol–water partition coefficient (Wildman–Crippen LogP) is 2.56. The van der Waals surface area contributed by atoms with Gasteiger partial charge in [0.2, 0.25) is 5.88 Å². The molecule has 2 aromatic rings. The van der Waals surface area contributed by atoms with Gasteiger partial charge < -0.3 is 10.5 Å². The molecule has 4 nitrogen and oxygen atoms in total. The fraction of sp³-hybridized carbons (Fsp3) is 0. The van der Waals surface area contributed by atoms with Gasteiger partial charge in [-0.2, -0.15) is 5.10 Å². The van der Waals surface area contributed by atoms with Crippen LogP contribution in [0.3, 0.4) is 0 Å². The van der Waals surface area contributed by atoms with Gasteiger partial charge in [-0.1, -0.05) is 29.9 Å². The van der Waals surface area contributed by atoms with E-state index in [2.05, 4.69) is 10.2 Å². The Balaban J connectivity index is 2.33. The zero-order valence-corrected chi connectivity index (χ0v) is 10.2. The molecule has 0 unspecified atom stereocenters. The third kappa shape index (κ3) is 2.89. The molecule has 0 fully saturated rings. The number of hydrogen-bond donors (Lipinski definition) is 1. The minimum absolute atomic E-state index is 0.205. The van der Waals surface area contributed by atoms with E-state index >= 15 is 0 Å². The Morgan fingerprint density at radius 1 is 1.35 bits per heavy atom. The summed E-state index contributed by atoms with van der Waals surface area (Å²) in [5.41, 5.74) is 6.09. The lowest BCUT2D eigenvalue weighted by atomic mass is 10.3. The van der Waals surface area contributed by atoms with Gasteiger partial charge >= 0.3 is 0 Å². The zero-order chi connectivity index (χ0) is 12.3. The maximum atomic E-state index is 5.85. The summed E-state index contributed by atoms with van der Waals surface area (Å²) in [4.78, 5) is 0.205. The van der Waals surface area contributed by atoms with Crippen LogP contribution in [0.1, 0.15) is 5.56 Å². The first-order valence-electron chi connectivity index (χ1n) is 4.72. The van der Waals surface area contributed by atoms with Gasteiger partial charge in [0.05, 0.1) is 11.8 Å². The second kappa shape index (κ2) is 5.07. The van der Waals surface area contributed by atoms with Crippen molar-refractivity contribution < 1.29 is 4.74 Å². The molecule has 0 radical (unpaired) electrons. The first kappa shape index (κ1) is 11.8. The highest BCUT2D eigenvalue weighted by Gasteiger charge is 2.09. The molecule has 2 N–H and O–H groups in total. The van der Waals surface area contributed by atoms with Crippen molar-refractivity contribution in [3.63, 3.8) is 0 Å². The average Bonchev–Trinajstić information content (AvgIpc) is 2.29. The van der Waals surface area contributed by atoms with Crippen LogP contribution >= 0.6 is 23.8 Å². The second-order valence-electron chi connectivity index (χ2n) is 3.17. The van der Waals surface area contributed by atoms with Crippen molar-refractivity contribution >= 4 is 28.8 Å². The van der Waals surface area contributed by atoms with E-state index in [-0.39, 0.29) is 10.9 Å². The first-order valence-corrected chi connectivity index (χ1v) is 5.50. The highest BCUT2D eigenvalue weighted by Crippen LogP contribution is 2.24. The molecule has 2 rings (SSSR count). The maximum absolute atomic E-state index is 5.85. The van der Waals surface area contributed by atoms with Crippen LogP contribution in [0.4, 0.5) is 0 Å². The van der Waals surface area contributed by atoms with E-state index in [4.69, 9.17) is 34.3 Å². The van der Waals surface area contributed by atoms with Crippen LogP contribution < -0.4 is 10.5 Å². The Hall–Kier alpha value is -1.72. The van der Waals surface area contributed by atoms with E-state index in [0.717, 1.165) is 0 Å². The summed E-state index contributed by atoms with van der Waals surface area (Å²) in [5.74, 6) is 0.817. The molecule has 1 aromatic heterocycles. The minimum Gasteiger partial charge on any atom is -0.437 e. The highest BCUT2D eigenvalue weighted by atomic mass is 35.5. The molecule has 6 heteroatoms. The number of halogens is 1. The second-order valence-corrected chi connectivity index (χ2v) is 4.05. The summed E-state index contributed by atoms with van der Waals surface area (Å²) < 4.78 is 5.53. The van der Waals surface area contributed by atoms with Crippen molar-refractivity contribution in [2.75, 3.05) is 0 Å². The molecule has 86 valence electrons. The van der Waals surface area contributed by atoms with Crippen LogP contribution in [0, 0.1) is 0 Å². The van der Waals surface area contributed by atoms with Gasteiger partial charge in [-0.15, -0.1) is 5.10 Å². The Bertz CT molecular complexity index is 562. The van der Waals surface area contributed by atoms with Crippen molar-refractivity contribution in [1.82, 2.24) is 10.2 Å². The summed E-state index contributed by atoms with van der Waals surface area (Å²) in [5, 5.41) is 8.14. The summed E-state index contributed by atoms with van der Waals surface area (Å²) in [6.45, 7) is 0. The van der Waals surface area contributed by atoms with Gasteiger partial charge in [-0.05, 0) is 24.3 Å². The zero-order valence-electron chi connectivity index (χ0n) is 8.63. The Kier molecular flexibility index (Phi) is 3.51. The predicted molar refractivity (Wildman–Crippen MR) is 69.4 cm³/mol. The van der Waals surface area contributed by atoms with Crippen LogP contribution in [0.2, 0.25) is 5.02 Å². The molecule has 0 atom stereocenters. The van der Waals surface area contributed by atoms with E-state index in [9.17, 15) is 0 Å². The number of ether oxygens (including phenoxy) is 1. The molecule has 0 aliphatic heterocycles. The lowest BCUT2D eigenvalue weighted by Gasteiger charge is -2.07. The number of hydrogen-bond acceptors (Lipinski definition) is 4. The van der Waals surface area contributed by atoms with E-state index < -0.39 is 0 Å². The topological polar surface area (TPSA) is 61.0 Å². The number of thiocarbonyl (C=S) groups is 1. The van der Waals surface area contributed by atoms with Crippen molar-refractivity contribution in [2.24, 2.45) is 5.73 Å². The number of nitrogens with two attached hydrogens (primary N) is 1. The van der Waals surface area contributed by atoms with Crippen molar-refractivity contribution in [1.29, 1.82) is 0 Å². The van der Waals surface area contributed by atoms with Crippen LogP contribution in [-0.2, 0) is 0 Å².